The van der Waals surface area contributed by atoms with Crippen LogP contribution in [-0.2, 0) is 84.8 Å². The third-order valence-electron chi connectivity index (χ3n) is 8.71. The Morgan fingerprint density at radius 3 is 1.13 bits per heavy atom. The first-order chi connectivity index (χ1) is 27.9. The van der Waals surface area contributed by atoms with Gasteiger partial charge in [-0.05, 0) is 137 Å². The van der Waals surface area contributed by atoms with Gasteiger partial charge in [-0.2, -0.15) is 30.3 Å². The van der Waals surface area contributed by atoms with Crippen LogP contribution in [0, 0.1) is 13.0 Å². The van der Waals surface area contributed by atoms with Gasteiger partial charge in [0.15, 0.2) is 9.84 Å². The van der Waals surface area contributed by atoms with E-state index < -0.39 is 61.5 Å². The first-order valence-electron chi connectivity index (χ1n) is 17.4. The molecule has 0 saturated heterocycles. The van der Waals surface area contributed by atoms with Crippen molar-refractivity contribution in [3.63, 3.8) is 0 Å². The minimum absolute atomic E-state index is 0. The molecule has 0 bridgehead atoms. The summed E-state index contributed by atoms with van der Waals surface area (Å²) in [7, 11) is -9.86. The van der Waals surface area contributed by atoms with Gasteiger partial charge in [-0.3, -0.25) is 8.42 Å². The summed E-state index contributed by atoms with van der Waals surface area (Å²) in [6, 6.07) is 33.4. The summed E-state index contributed by atoms with van der Waals surface area (Å²) in [5, 5.41) is 0. The van der Waals surface area contributed by atoms with E-state index in [1.54, 1.807) is 12.1 Å². The maximum atomic E-state index is 13.2. The Bertz CT molecular complexity index is 3010. The third-order valence-corrected chi connectivity index (χ3v) is 17.2. The van der Waals surface area contributed by atoms with Gasteiger partial charge in [-0.1, -0.05) is 17.7 Å². The molecule has 0 N–H and O–H groups in total. The normalized spacial score (nSPS) is 13.2. The van der Waals surface area contributed by atoms with Crippen LogP contribution in [0.3, 0.4) is 0 Å². The van der Waals surface area contributed by atoms with Crippen molar-refractivity contribution in [2.75, 3.05) is 21.1 Å². The van der Waals surface area contributed by atoms with Crippen molar-refractivity contribution in [3.8, 4) is 0 Å². The number of hydrogen-bond donors (Lipinski definition) is 0. The molecule has 6 rings (SSSR count). The summed E-state index contributed by atoms with van der Waals surface area (Å²) in [6.45, 7) is 2.16. The Balaban J connectivity index is 0.000000269. The van der Waals surface area contributed by atoms with E-state index >= 15 is 0 Å². The molecule has 6 aromatic carbocycles. The zero-order valence-electron chi connectivity index (χ0n) is 32.6. The monoisotopic (exact) mass is 986 g/mol. The molecule has 0 fully saturated rings. The molecule has 0 saturated carbocycles. The number of rotatable bonds is 12. The molecule has 13 nitrogen and oxygen atoms in total. The largest absolute Gasteiger partial charge is 2.00 e. The van der Waals surface area contributed by atoms with Gasteiger partial charge < -0.3 is 13.6 Å². The quantitative estimate of drug-likeness (QED) is 0.0845. The summed E-state index contributed by atoms with van der Waals surface area (Å²) >= 11 is -4.96. The SMILES string of the molecule is Cc1ccc(S(=O)(=O)c2ccc(S(=O)(=O)c3ccc(S(=O)[O-])c(C[N+](C)(C)C)c3)cc2)cc1.O=S([O-])c1ccc(S(=O)(=O)c2ccc(S(=O)(=O)c3cc[c-]cc3)cc2)cc1.[Co+2]. The first kappa shape index (κ1) is 49.5. The summed E-state index contributed by atoms with van der Waals surface area (Å²) in [6.07, 6.45) is 0. The van der Waals surface area contributed by atoms with Crippen molar-refractivity contribution in [1.82, 2.24) is 0 Å². The van der Waals surface area contributed by atoms with Crippen molar-refractivity contribution >= 4 is 61.5 Å². The standard InChI is InChI=1S/C23H25NO6S3.C18H13O6S3.Co/c1-17-5-7-19(8-6-17)32(27,28)20-9-11-21(12-10-20)33(29,30)22-13-14-23(31(25)26)18(15-22)16-24(2,3)4;19-25(20)14-6-8-16(9-7-14)27(23,24)18-12-10-17(11-13-18)26(21,22)15-4-2-1-3-5-15;/h5-15H,16H2,1-4H3;2-13H,(H,19,20);/q;-1;+2/p-1. The molecule has 323 valence electrons. The van der Waals surface area contributed by atoms with Crippen LogP contribution in [0.1, 0.15) is 11.1 Å². The minimum atomic E-state index is -3.99. The molecule has 0 amide bonds. The van der Waals surface area contributed by atoms with E-state index in [1.165, 1.54) is 127 Å². The summed E-state index contributed by atoms with van der Waals surface area (Å²) in [4.78, 5) is -0.181. The van der Waals surface area contributed by atoms with Gasteiger partial charge in [0.25, 0.3) is 0 Å². The Kier molecular flexibility index (Phi) is 15.8. The van der Waals surface area contributed by atoms with E-state index in [-0.39, 0.29) is 65.7 Å². The van der Waals surface area contributed by atoms with Gasteiger partial charge in [-0.15, -0.1) is 0 Å². The first-order valence-corrected chi connectivity index (χ1v) is 25.5. The van der Waals surface area contributed by atoms with E-state index in [9.17, 15) is 51.2 Å². The molecule has 0 aliphatic heterocycles. The van der Waals surface area contributed by atoms with E-state index in [4.69, 9.17) is 0 Å². The molecule has 0 spiro atoms. The van der Waals surface area contributed by atoms with E-state index in [0.717, 1.165) is 5.56 Å². The zero-order valence-corrected chi connectivity index (χ0v) is 38.6. The molecule has 61 heavy (non-hydrogen) atoms. The summed E-state index contributed by atoms with van der Waals surface area (Å²) in [5.41, 5.74) is 1.31. The number of aryl methyl sites for hydroxylation is 1. The van der Waals surface area contributed by atoms with E-state index in [0.29, 0.717) is 16.6 Å². The van der Waals surface area contributed by atoms with Crippen LogP contribution in [0.15, 0.2) is 188 Å². The number of hydrogen-bond acceptors (Lipinski definition) is 12. The van der Waals surface area contributed by atoms with Crippen LogP contribution in [0.2, 0.25) is 0 Å². The molecule has 0 aromatic heterocycles. The van der Waals surface area contributed by atoms with Crippen LogP contribution < -0.4 is 0 Å². The third kappa shape index (κ3) is 11.6. The Labute approximate surface area is 371 Å². The molecule has 0 aliphatic carbocycles. The molecule has 6 aromatic rings. The Morgan fingerprint density at radius 2 is 0.787 bits per heavy atom. The van der Waals surface area contributed by atoms with Gasteiger partial charge in [-0.25, -0.2) is 33.7 Å². The van der Waals surface area contributed by atoms with Crippen LogP contribution in [-0.4, -0.2) is 76.8 Å². The molecule has 0 heterocycles. The average molecular weight is 987 g/mol. The van der Waals surface area contributed by atoms with E-state index in [2.05, 4.69) is 6.07 Å². The number of quaternary nitrogens is 1. The van der Waals surface area contributed by atoms with Crippen LogP contribution in [0.25, 0.3) is 0 Å². The van der Waals surface area contributed by atoms with E-state index in [1.807, 2.05) is 28.1 Å². The minimum Gasteiger partial charge on any atom is -0.768 e. The van der Waals surface area contributed by atoms with Crippen molar-refractivity contribution in [2.45, 2.75) is 62.4 Å². The van der Waals surface area contributed by atoms with Crippen LogP contribution in [0.5, 0.6) is 0 Å². The van der Waals surface area contributed by atoms with Crippen molar-refractivity contribution in [1.29, 1.82) is 0 Å². The molecule has 1 radical (unpaired) electrons. The fourth-order valence-corrected chi connectivity index (χ4v) is 11.6. The van der Waals surface area contributed by atoms with Gasteiger partial charge >= 0.3 is 16.8 Å². The molecule has 0 aliphatic rings. The second-order valence-electron chi connectivity index (χ2n) is 14.2. The Morgan fingerprint density at radius 1 is 0.475 bits per heavy atom. The predicted octanol–water partition coefficient (Wildman–Crippen LogP) is 5.49. The molecule has 2 atom stereocenters. The van der Waals surface area contributed by atoms with Crippen molar-refractivity contribution < 1.29 is 72.5 Å². The molecular formula is C41H37CoNO12S6. The fraction of sp³-hybridized carbons (Fsp3) is 0.122. The second kappa shape index (κ2) is 19.5. The predicted molar refractivity (Wildman–Crippen MR) is 220 cm³/mol. The smallest absolute Gasteiger partial charge is 0.768 e. The van der Waals surface area contributed by atoms with Crippen LogP contribution >= 0.6 is 0 Å². The second-order valence-corrected chi connectivity index (χ2v) is 23.8. The maximum Gasteiger partial charge on any atom is 2.00 e. The number of benzene rings is 6. The number of nitrogens with zero attached hydrogens (tertiary/aromatic N) is 1. The molecule has 20 heteroatoms. The summed E-state index contributed by atoms with van der Waals surface area (Å²) < 4.78 is 148. The van der Waals surface area contributed by atoms with Crippen molar-refractivity contribution in [2.24, 2.45) is 0 Å². The maximum absolute atomic E-state index is 13.2. The van der Waals surface area contributed by atoms with Crippen LogP contribution in [0.4, 0.5) is 0 Å². The van der Waals surface area contributed by atoms with Gasteiger partial charge in [0.2, 0.25) is 29.5 Å². The average Bonchev–Trinajstić information content (AvgIpc) is 3.21. The van der Waals surface area contributed by atoms with Crippen molar-refractivity contribution in [3.05, 3.63) is 157 Å². The summed E-state index contributed by atoms with van der Waals surface area (Å²) in [5.74, 6) is 0. The Hall–Kier alpha value is -4.19. The molecular weight excluding hydrogens is 950 g/mol. The van der Waals surface area contributed by atoms with Gasteiger partial charge in [0.1, 0.15) is 6.54 Å². The topological polar surface area (TPSA) is 217 Å². The van der Waals surface area contributed by atoms with Gasteiger partial charge in [0.05, 0.1) is 55.4 Å². The zero-order chi connectivity index (χ0) is 44.3. The molecule has 2 unspecified atom stereocenters. The van der Waals surface area contributed by atoms with Gasteiger partial charge in [0, 0.05) is 15.4 Å². The fourth-order valence-electron chi connectivity index (χ4n) is 5.66. The number of sulfone groups is 4.